The molecule has 0 unspecified atom stereocenters. The van der Waals surface area contributed by atoms with Crippen LogP contribution in [-0.4, -0.2) is 34.2 Å². The van der Waals surface area contributed by atoms with E-state index < -0.39 is 0 Å². The van der Waals surface area contributed by atoms with Crippen LogP contribution in [0, 0.1) is 0 Å². The van der Waals surface area contributed by atoms with Crippen molar-refractivity contribution in [2.75, 3.05) is 7.05 Å². The number of nitrogens with zero attached hydrogens (tertiary/aromatic N) is 3. The summed E-state index contributed by atoms with van der Waals surface area (Å²) in [6.45, 7) is 2.78. The van der Waals surface area contributed by atoms with Crippen LogP contribution >= 0.6 is 0 Å². The van der Waals surface area contributed by atoms with E-state index in [1.165, 1.54) is 12.8 Å². The van der Waals surface area contributed by atoms with Crippen molar-refractivity contribution in [1.29, 1.82) is 0 Å². The van der Waals surface area contributed by atoms with E-state index in [0.717, 1.165) is 37.5 Å². The molecule has 5 nitrogen and oxygen atoms in total. The summed E-state index contributed by atoms with van der Waals surface area (Å²) in [5.74, 6) is 1.51. The Morgan fingerprint density at radius 2 is 2.06 bits per heavy atom. The van der Waals surface area contributed by atoms with E-state index in [1.54, 1.807) is 0 Å². The Morgan fingerprint density at radius 1 is 1.35 bits per heavy atom. The molecule has 0 saturated heterocycles. The average Bonchev–Trinajstić information content (AvgIpc) is 2.77. The lowest BCUT2D eigenvalue weighted by Gasteiger charge is -2.32. The van der Waals surface area contributed by atoms with Gasteiger partial charge in [-0.15, -0.1) is 0 Å². The topological polar surface area (TPSA) is 68.2 Å². The van der Waals surface area contributed by atoms with Crippen LogP contribution in [0.5, 0.6) is 0 Å². The van der Waals surface area contributed by atoms with Gasteiger partial charge in [0.15, 0.2) is 5.82 Å². The van der Waals surface area contributed by atoms with Gasteiger partial charge in [-0.3, -0.25) is 4.90 Å². The minimum Gasteiger partial charge on any atom is -0.339 e. The summed E-state index contributed by atoms with van der Waals surface area (Å²) in [5, 5.41) is 3.98. The van der Waals surface area contributed by atoms with E-state index in [4.69, 9.17) is 10.3 Å². The summed E-state index contributed by atoms with van der Waals surface area (Å²) in [4.78, 5) is 6.65. The lowest BCUT2D eigenvalue weighted by Crippen LogP contribution is -2.38. The van der Waals surface area contributed by atoms with Gasteiger partial charge in [0.2, 0.25) is 5.89 Å². The quantitative estimate of drug-likeness (QED) is 0.857. The molecule has 0 amide bonds. The molecule has 1 heterocycles. The molecule has 0 aliphatic heterocycles. The number of hydrogen-bond donors (Lipinski definition) is 1. The van der Waals surface area contributed by atoms with Gasteiger partial charge in [0.1, 0.15) is 0 Å². The number of nitrogens with two attached hydrogens (primary N) is 1. The Morgan fingerprint density at radius 3 is 2.65 bits per heavy atom. The molecule has 0 bridgehead atoms. The van der Waals surface area contributed by atoms with Crippen molar-refractivity contribution in [1.82, 2.24) is 15.0 Å². The van der Waals surface area contributed by atoms with Gasteiger partial charge in [0, 0.05) is 18.5 Å². The normalized spacial score (nSPS) is 25.4. The molecular formula is C12H22N4O. The van der Waals surface area contributed by atoms with E-state index in [-0.39, 0.29) is 0 Å². The lowest BCUT2D eigenvalue weighted by atomic mass is 9.91. The molecule has 2 N–H and O–H groups in total. The number of rotatable bonds is 4. The molecule has 2 rings (SSSR count). The summed E-state index contributed by atoms with van der Waals surface area (Å²) in [6.07, 6.45) is 5.41. The van der Waals surface area contributed by atoms with Crippen molar-refractivity contribution in [3.05, 3.63) is 11.7 Å². The highest BCUT2D eigenvalue weighted by Crippen LogP contribution is 2.21. The average molecular weight is 238 g/mol. The number of aryl methyl sites for hydroxylation is 1. The third-order valence-electron chi connectivity index (χ3n) is 3.57. The van der Waals surface area contributed by atoms with Crippen LogP contribution < -0.4 is 5.73 Å². The Labute approximate surface area is 102 Å². The van der Waals surface area contributed by atoms with Crippen LogP contribution in [0.3, 0.4) is 0 Å². The first-order valence-corrected chi connectivity index (χ1v) is 6.46. The van der Waals surface area contributed by atoms with Gasteiger partial charge >= 0.3 is 0 Å². The molecular weight excluding hydrogens is 216 g/mol. The molecule has 5 heteroatoms. The zero-order chi connectivity index (χ0) is 12.3. The lowest BCUT2D eigenvalue weighted by molar-refractivity contribution is 0.171. The van der Waals surface area contributed by atoms with Crippen LogP contribution in [0.15, 0.2) is 4.52 Å². The summed E-state index contributed by atoms with van der Waals surface area (Å²) >= 11 is 0. The molecule has 1 aromatic heterocycles. The summed E-state index contributed by atoms with van der Waals surface area (Å²) in [7, 11) is 2.13. The molecule has 1 aromatic rings. The fourth-order valence-electron chi connectivity index (χ4n) is 2.39. The molecule has 96 valence electrons. The fraction of sp³-hybridized carbons (Fsp3) is 0.833. The van der Waals surface area contributed by atoms with E-state index in [0.29, 0.717) is 12.1 Å². The third kappa shape index (κ3) is 3.26. The first-order valence-electron chi connectivity index (χ1n) is 6.46. The Balaban J connectivity index is 1.85. The van der Waals surface area contributed by atoms with Crippen LogP contribution in [0.25, 0.3) is 0 Å². The van der Waals surface area contributed by atoms with E-state index in [2.05, 4.69) is 22.1 Å². The van der Waals surface area contributed by atoms with Crippen LogP contribution in [0.2, 0.25) is 0 Å². The summed E-state index contributed by atoms with van der Waals surface area (Å²) < 4.78 is 5.11. The summed E-state index contributed by atoms with van der Waals surface area (Å²) in [5.41, 5.74) is 5.91. The zero-order valence-electron chi connectivity index (χ0n) is 10.7. The smallest absolute Gasteiger partial charge is 0.226 e. The molecule has 0 aromatic carbocycles. The number of aromatic nitrogens is 2. The minimum atomic E-state index is 0.400. The Kier molecular flexibility index (Phi) is 4.12. The second-order valence-corrected chi connectivity index (χ2v) is 4.94. The fourth-order valence-corrected chi connectivity index (χ4v) is 2.39. The molecule has 0 radical (unpaired) electrons. The predicted molar refractivity (Wildman–Crippen MR) is 65.4 cm³/mol. The molecule has 0 atom stereocenters. The minimum absolute atomic E-state index is 0.400. The van der Waals surface area contributed by atoms with Crippen LogP contribution in [0.1, 0.15) is 44.3 Å². The first-order chi connectivity index (χ1) is 8.19. The highest BCUT2D eigenvalue weighted by Gasteiger charge is 2.22. The highest BCUT2D eigenvalue weighted by molar-refractivity contribution is 4.88. The monoisotopic (exact) mass is 238 g/mol. The van der Waals surface area contributed by atoms with Crippen molar-refractivity contribution in [2.24, 2.45) is 5.73 Å². The second kappa shape index (κ2) is 5.60. The highest BCUT2D eigenvalue weighted by atomic mass is 16.5. The third-order valence-corrected chi connectivity index (χ3v) is 3.57. The maximum Gasteiger partial charge on any atom is 0.226 e. The van der Waals surface area contributed by atoms with Crippen molar-refractivity contribution >= 4 is 0 Å². The maximum atomic E-state index is 5.91. The second-order valence-electron chi connectivity index (χ2n) is 4.94. The van der Waals surface area contributed by atoms with Crippen molar-refractivity contribution in [2.45, 2.75) is 57.7 Å². The molecule has 0 spiro atoms. The maximum absolute atomic E-state index is 5.91. The predicted octanol–water partition coefficient (Wildman–Crippen LogP) is 1.33. The Bertz CT molecular complexity index is 344. The van der Waals surface area contributed by atoms with Crippen molar-refractivity contribution in [3.8, 4) is 0 Å². The van der Waals surface area contributed by atoms with Gasteiger partial charge in [-0.2, -0.15) is 4.98 Å². The van der Waals surface area contributed by atoms with Crippen LogP contribution in [-0.2, 0) is 13.0 Å². The van der Waals surface area contributed by atoms with Crippen molar-refractivity contribution in [3.63, 3.8) is 0 Å². The molecule has 1 aliphatic rings. The van der Waals surface area contributed by atoms with Crippen molar-refractivity contribution < 1.29 is 4.52 Å². The van der Waals surface area contributed by atoms with Gasteiger partial charge in [-0.25, -0.2) is 0 Å². The molecule has 1 aliphatic carbocycles. The van der Waals surface area contributed by atoms with Gasteiger partial charge in [0.25, 0.3) is 0 Å². The van der Waals surface area contributed by atoms with Crippen LogP contribution in [0.4, 0.5) is 0 Å². The van der Waals surface area contributed by atoms with E-state index in [1.807, 2.05) is 6.92 Å². The Hall–Kier alpha value is -0.940. The van der Waals surface area contributed by atoms with E-state index >= 15 is 0 Å². The van der Waals surface area contributed by atoms with Gasteiger partial charge in [-0.05, 0) is 32.7 Å². The first kappa shape index (κ1) is 12.5. The molecule has 1 saturated carbocycles. The molecule has 17 heavy (non-hydrogen) atoms. The molecule has 1 fully saturated rings. The van der Waals surface area contributed by atoms with E-state index in [9.17, 15) is 0 Å². The standard InChI is InChI=1S/C12H22N4O/c1-3-12-14-11(15-17-12)8-16(2)10-6-4-9(13)5-7-10/h9-10H,3-8,13H2,1-2H3. The van der Waals surface area contributed by atoms with Gasteiger partial charge < -0.3 is 10.3 Å². The summed E-state index contributed by atoms with van der Waals surface area (Å²) in [6, 6.07) is 1.01. The SMILES string of the molecule is CCc1nc(CN(C)C2CCC(N)CC2)no1. The largest absolute Gasteiger partial charge is 0.339 e. The zero-order valence-corrected chi connectivity index (χ0v) is 10.7. The van der Waals surface area contributed by atoms with Gasteiger partial charge in [-0.1, -0.05) is 12.1 Å². The van der Waals surface area contributed by atoms with Gasteiger partial charge in [0.05, 0.1) is 6.54 Å². The number of hydrogen-bond acceptors (Lipinski definition) is 5.